The van der Waals surface area contributed by atoms with Crippen LogP contribution in [0.3, 0.4) is 0 Å². The summed E-state index contributed by atoms with van der Waals surface area (Å²) in [5.74, 6) is -1.05. The Labute approximate surface area is 163 Å². The second kappa shape index (κ2) is 10.1. The zero-order valence-electron chi connectivity index (χ0n) is 15.9. The van der Waals surface area contributed by atoms with Crippen LogP contribution < -0.4 is 15.4 Å². The van der Waals surface area contributed by atoms with Crippen molar-refractivity contribution in [3.8, 4) is 5.75 Å². The number of carbonyl (C=O) groups excluding carboxylic acids is 2. The van der Waals surface area contributed by atoms with Gasteiger partial charge in [-0.1, -0.05) is 42.0 Å². The minimum Gasteiger partial charge on any atom is -0.482 e. The average molecular weight is 384 g/mol. The Morgan fingerprint density at radius 1 is 1.11 bits per heavy atom. The molecule has 0 aliphatic carbocycles. The van der Waals surface area contributed by atoms with Crippen molar-refractivity contribution < 1.29 is 24.2 Å². The molecule has 0 saturated heterocycles. The van der Waals surface area contributed by atoms with E-state index in [0.29, 0.717) is 5.75 Å². The molecule has 0 saturated carbocycles. The summed E-state index contributed by atoms with van der Waals surface area (Å²) in [6, 6.07) is 14.1. The highest BCUT2D eigenvalue weighted by atomic mass is 16.5. The van der Waals surface area contributed by atoms with Crippen LogP contribution in [-0.2, 0) is 20.9 Å². The lowest BCUT2D eigenvalue weighted by Crippen LogP contribution is -2.32. The molecule has 2 amide bonds. The minimum atomic E-state index is -1.06. The van der Waals surface area contributed by atoms with Crippen molar-refractivity contribution >= 4 is 17.8 Å². The summed E-state index contributed by atoms with van der Waals surface area (Å²) in [5.41, 5.74) is 2.74. The van der Waals surface area contributed by atoms with Gasteiger partial charge in [0.15, 0.2) is 6.61 Å². The number of carboxylic acids is 1. The van der Waals surface area contributed by atoms with E-state index in [1.165, 1.54) is 6.92 Å². The lowest BCUT2D eigenvalue weighted by Gasteiger charge is -2.18. The van der Waals surface area contributed by atoms with Crippen molar-refractivity contribution in [1.29, 1.82) is 0 Å². The molecule has 7 heteroatoms. The predicted molar refractivity (Wildman–Crippen MR) is 104 cm³/mol. The number of aryl methyl sites for hydroxylation is 1. The average Bonchev–Trinajstić information content (AvgIpc) is 2.65. The molecule has 0 bridgehead atoms. The molecule has 0 aliphatic rings. The summed E-state index contributed by atoms with van der Waals surface area (Å²) < 4.78 is 5.13. The fourth-order valence-corrected chi connectivity index (χ4v) is 2.64. The summed E-state index contributed by atoms with van der Waals surface area (Å²) >= 11 is 0. The summed E-state index contributed by atoms with van der Waals surface area (Å²) in [6.07, 6.45) is 0.109. The van der Waals surface area contributed by atoms with Crippen LogP contribution in [0.4, 0.5) is 0 Å². The minimum absolute atomic E-state index is 0.109. The van der Waals surface area contributed by atoms with Crippen LogP contribution in [0.1, 0.15) is 36.1 Å². The highest BCUT2D eigenvalue weighted by Crippen LogP contribution is 2.18. The highest BCUT2D eigenvalue weighted by molar-refractivity contribution is 5.79. The van der Waals surface area contributed by atoms with Gasteiger partial charge in [-0.05, 0) is 30.2 Å². The molecule has 0 fully saturated rings. The smallest absolute Gasteiger partial charge is 0.341 e. The predicted octanol–water partition coefficient (Wildman–Crippen LogP) is 2.34. The molecular weight excluding hydrogens is 360 g/mol. The van der Waals surface area contributed by atoms with Crippen LogP contribution in [0.25, 0.3) is 0 Å². The number of hydrogen-bond donors (Lipinski definition) is 3. The number of benzene rings is 2. The Kier molecular flexibility index (Phi) is 7.56. The standard InChI is InChI=1S/C21H24N2O5/c1-14-6-8-17(9-7-14)19(23-15(2)24)11-20(25)22-12-16-4-3-5-18(10-16)28-13-21(26)27/h3-10,19H,11-13H2,1-2H3,(H,22,25)(H,23,24)(H,26,27). The molecule has 7 nitrogen and oxygen atoms in total. The van der Waals surface area contributed by atoms with E-state index in [1.54, 1.807) is 24.3 Å². The van der Waals surface area contributed by atoms with Gasteiger partial charge in [-0.2, -0.15) is 0 Å². The Morgan fingerprint density at radius 2 is 1.82 bits per heavy atom. The highest BCUT2D eigenvalue weighted by Gasteiger charge is 2.17. The summed E-state index contributed by atoms with van der Waals surface area (Å²) in [6.45, 7) is 3.23. The van der Waals surface area contributed by atoms with Gasteiger partial charge in [0.05, 0.1) is 12.5 Å². The molecule has 2 aromatic carbocycles. The van der Waals surface area contributed by atoms with E-state index in [4.69, 9.17) is 9.84 Å². The first kappa shape index (κ1) is 21.0. The molecule has 28 heavy (non-hydrogen) atoms. The van der Waals surface area contributed by atoms with Crippen LogP contribution in [-0.4, -0.2) is 29.5 Å². The van der Waals surface area contributed by atoms with Crippen molar-refractivity contribution in [2.24, 2.45) is 0 Å². The number of ether oxygens (including phenoxy) is 1. The van der Waals surface area contributed by atoms with Crippen LogP contribution in [0.5, 0.6) is 5.75 Å². The second-order valence-electron chi connectivity index (χ2n) is 6.47. The number of amides is 2. The molecule has 1 unspecified atom stereocenters. The largest absolute Gasteiger partial charge is 0.482 e. The van der Waals surface area contributed by atoms with Gasteiger partial charge in [-0.3, -0.25) is 9.59 Å². The maximum absolute atomic E-state index is 12.4. The third kappa shape index (κ3) is 7.11. The first-order valence-corrected chi connectivity index (χ1v) is 8.87. The fraction of sp³-hybridized carbons (Fsp3) is 0.286. The Balaban J connectivity index is 1.95. The van der Waals surface area contributed by atoms with E-state index in [0.717, 1.165) is 16.7 Å². The van der Waals surface area contributed by atoms with E-state index < -0.39 is 18.6 Å². The maximum Gasteiger partial charge on any atom is 0.341 e. The number of hydrogen-bond acceptors (Lipinski definition) is 4. The van der Waals surface area contributed by atoms with Gasteiger partial charge in [-0.15, -0.1) is 0 Å². The Morgan fingerprint density at radius 3 is 2.46 bits per heavy atom. The molecule has 3 N–H and O–H groups in total. The van der Waals surface area contributed by atoms with E-state index in [-0.39, 0.29) is 24.8 Å². The monoisotopic (exact) mass is 384 g/mol. The van der Waals surface area contributed by atoms with Crippen molar-refractivity contribution in [1.82, 2.24) is 10.6 Å². The molecule has 0 aliphatic heterocycles. The maximum atomic E-state index is 12.4. The number of rotatable bonds is 9. The van der Waals surface area contributed by atoms with Gasteiger partial charge < -0.3 is 20.5 Å². The van der Waals surface area contributed by atoms with Crippen LogP contribution >= 0.6 is 0 Å². The second-order valence-corrected chi connectivity index (χ2v) is 6.47. The van der Waals surface area contributed by atoms with Gasteiger partial charge in [-0.25, -0.2) is 4.79 Å². The van der Waals surface area contributed by atoms with E-state index in [1.807, 2.05) is 31.2 Å². The third-order valence-corrected chi connectivity index (χ3v) is 4.00. The van der Waals surface area contributed by atoms with Gasteiger partial charge in [0.25, 0.3) is 0 Å². The zero-order valence-corrected chi connectivity index (χ0v) is 15.9. The van der Waals surface area contributed by atoms with Crippen molar-refractivity contribution in [2.75, 3.05) is 6.61 Å². The number of aliphatic carboxylic acids is 1. The fourth-order valence-electron chi connectivity index (χ4n) is 2.64. The molecule has 1 atom stereocenters. The zero-order chi connectivity index (χ0) is 20.5. The van der Waals surface area contributed by atoms with Gasteiger partial charge >= 0.3 is 5.97 Å². The van der Waals surface area contributed by atoms with Crippen molar-refractivity contribution in [3.05, 3.63) is 65.2 Å². The van der Waals surface area contributed by atoms with Gasteiger partial charge in [0.1, 0.15) is 5.75 Å². The normalized spacial score (nSPS) is 11.4. The summed E-state index contributed by atoms with van der Waals surface area (Å²) in [7, 11) is 0. The van der Waals surface area contributed by atoms with E-state index in [9.17, 15) is 14.4 Å². The summed E-state index contributed by atoms with van der Waals surface area (Å²) in [4.78, 5) is 34.5. The van der Waals surface area contributed by atoms with Crippen molar-refractivity contribution in [2.45, 2.75) is 32.9 Å². The lowest BCUT2D eigenvalue weighted by atomic mass is 10.0. The topological polar surface area (TPSA) is 105 Å². The summed E-state index contributed by atoms with van der Waals surface area (Å²) in [5, 5.41) is 14.3. The van der Waals surface area contributed by atoms with E-state index >= 15 is 0 Å². The van der Waals surface area contributed by atoms with Gasteiger partial charge in [0.2, 0.25) is 11.8 Å². The van der Waals surface area contributed by atoms with Crippen molar-refractivity contribution in [3.63, 3.8) is 0 Å². The molecule has 0 heterocycles. The lowest BCUT2D eigenvalue weighted by molar-refractivity contribution is -0.139. The van der Waals surface area contributed by atoms with Crippen LogP contribution in [0.15, 0.2) is 48.5 Å². The number of carbonyl (C=O) groups is 3. The van der Waals surface area contributed by atoms with E-state index in [2.05, 4.69) is 10.6 Å². The van der Waals surface area contributed by atoms with Crippen LogP contribution in [0, 0.1) is 6.92 Å². The quantitative estimate of drug-likeness (QED) is 0.616. The molecule has 0 spiro atoms. The number of carboxylic acid groups (broad SMARTS) is 1. The molecule has 0 aromatic heterocycles. The molecule has 2 rings (SSSR count). The first-order valence-electron chi connectivity index (χ1n) is 8.87. The molecule has 2 aromatic rings. The van der Waals surface area contributed by atoms with Gasteiger partial charge in [0, 0.05) is 13.5 Å². The third-order valence-electron chi connectivity index (χ3n) is 4.00. The Hall–Kier alpha value is -3.35. The molecular formula is C21H24N2O5. The number of nitrogens with one attached hydrogen (secondary N) is 2. The first-order chi connectivity index (χ1) is 13.3. The molecule has 0 radical (unpaired) electrons. The Bertz CT molecular complexity index is 833. The van der Waals surface area contributed by atoms with Crippen LogP contribution in [0.2, 0.25) is 0 Å². The molecule has 148 valence electrons. The SMILES string of the molecule is CC(=O)NC(CC(=O)NCc1cccc(OCC(=O)O)c1)c1ccc(C)cc1.